The summed E-state index contributed by atoms with van der Waals surface area (Å²) in [6.07, 6.45) is 0. The highest BCUT2D eigenvalue weighted by Gasteiger charge is 2.22. The molecule has 5 nitrogen and oxygen atoms in total. The highest BCUT2D eigenvalue weighted by molar-refractivity contribution is 6.11. The summed E-state index contributed by atoms with van der Waals surface area (Å²) in [5, 5.41) is 18.4. The van der Waals surface area contributed by atoms with Crippen molar-refractivity contribution in [1.29, 1.82) is 0 Å². The van der Waals surface area contributed by atoms with Crippen LogP contribution in [0.1, 0.15) is 0 Å². The van der Waals surface area contributed by atoms with E-state index in [-0.39, 0.29) is 5.75 Å². The SMILES string of the molecule is Oc1cccc(-c2nc(-c3ccccc3)nc(-c3ccc4ccc5ccccc5c4c3)n2)c1-c1ccccc1-c1cccc2c1oc1ccccc12. The summed E-state index contributed by atoms with van der Waals surface area (Å²) in [6.45, 7) is 0. The van der Waals surface area contributed by atoms with Gasteiger partial charge in [0.05, 0.1) is 0 Å². The van der Waals surface area contributed by atoms with Crippen LogP contribution < -0.4 is 0 Å². The van der Waals surface area contributed by atoms with Crippen LogP contribution in [-0.4, -0.2) is 20.1 Å². The molecular formula is C47H29N3O2. The molecule has 0 radical (unpaired) electrons. The molecule has 10 rings (SSSR count). The smallest absolute Gasteiger partial charge is 0.164 e. The predicted molar refractivity (Wildman–Crippen MR) is 211 cm³/mol. The van der Waals surface area contributed by atoms with Gasteiger partial charge in [-0.3, -0.25) is 0 Å². The topological polar surface area (TPSA) is 72.0 Å². The standard InChI is InChI=1S/C47H29N3O2/c51-41-22-11-21-39(43(41)36-18-7-6-16-34(36)37-19-10-20-38-35-17-8-9-23-42(35)52-44(37)38)47-49-45(31-13-2-1-3-14-31)48-46(50-47)32-27-26-30-25-24-29-12-4-5-15-33(29)40(30)28-32/h1-28,51H. The maximum absolute atomic E-state index is 11.7. The Morgan fingerprint density at radius 2 is 0.981 bits per heavy atom. The van der Waals surface area contributed by atoms with Gasteiger partial charge in [0, 0.05) is 38.6 Å². The largest absolute Gasteiger partial charge is 0.507 e. The third-order valence-corrected chi connectivity index (χ3v) is 9.85. The summed E-state index contributed by atoms with van der Waals surface area (Å²) >= 11 is 0. The molecule has 2 heterocycles. The number of aromatic hydroxyl groups is 1. The van der Waals surface area contributed by atoms with E-state index in [0.29, 0.717) is 28.6 Å². The Hall–Kier alpha value is -7.11. The van der Waals surface area contributed by atoms with E-state index in [1.807, 2.05) is 78.9 Å². The fourth-order valence-electron chi connectivity index (χ4n) is 7.39. The highest BCUT2D eigenvalue weighted by Crippen LogP contribution is 2.45. The molecule has 0 aliphatic carbocycles. The Balaban J connectivity index is 1.20. The number of phenols is 1. The lowest BCUT2D eigenvalue weighted by Gasteiger charge is -2.16. The molecule has 10 aromatic rings. The van der Waals surface area contributed by atoms with Gasteiger partial charge < -0.3 is 9.52 Å². The Bertz CT molecular complexity index is 2990. The van der Waals surface area contributed by atoms with E-state index in [9.17, 15) is 5.11 Å². The Morgan fingerprint density at radius 1 is 0.385 bits per heavy atom. The van der Waals surface area contributed by atoms with Crippen molar-refractivity contribution < 1.29 is 9.52 Å². The second kappa shape index (κ2) is 12.0. The lowest BCUT2D eigenvalue weighted by Crippen LogP contribution is -2.01. The van der Waals surface area contributed by atoms with Crippen molar-refractivity contribution >= 4 is 43.5 Å². The average molecular weight is 668 g/mol. The molecule has 2 aromatic heterocycles. The summed E-state index contributed by atoms with van der Waals surface area (Å²) < 4.78 is 6.47. The van der Waals surface area contributed by atoms with Crippen LogP contribution in [0.4, 0.5) is 0 Å². The molecule has 5 heteroatoms. The number of hydrogen-bond acceptors (Lipinski definition) is 5. The van der Waals surface area contributed by atoms with Crippen molar-refractivity contribution in [2.45, 2.75) is 0 Å². The molecule has 244 valence electrons. The van der Waals surface area contributed by atoms with Crippen LogP contribution >= 0.6 is 0 Å². The molecule has 0 atom stereocenters. The predicted octanol–water partition coefficient (Wildman–Crippen LogP) is 12.1. The van der Waals surface area contributed by atoms with Crippen molar-refractivity contribution in [3.63, 3.8) is 0 Å². The first-order chi connectivity index (χ1) is 25.7. The molecule has 0 saturated carbocycles. The zero-order valence-electron chi connectivity index (χ0n) is 27.9. The zero-order chi connectivity index (χ0) is 34.6. The van der Waals surface area contributed by atoms with Gasteiger partial charge in [0.1, 0.15) is 16.9 Å². The third-order valence-electron chi connectivity index (χ3n) is 9.85. The molecule has 8 aromatic carbocycles. The first-order valence-corrected chi connectivity index (χ1v) is 17.3. The molecule has 0 saturated heterocycles. The van der Waals surface area contributed by atoms with Crippen LogP contribution in [0.3, 0.4) is 0 Å². The van der Waals surface area contributed by atoms with Gasteiger partial charge in [0.25, 0.3) is 0 Å². The molecule has 1 N–H and O–H groups in total. The summed E-state index contributed by atoms with van der Waals surface area (Å²) in [7, 11) is 0. The van der Waals surface area contributed by atoms with Crippen molar-refractivity contribution in [3.05, 3.63) is 170 Å². The zero-order valence-corrected chi connectivity index (χ0v) is 27.9. The van der Waals surface area contributed by atoms with Crippen LogP contribution in [0, 0.1) is 0 Å². The van der Waals surface area contributed by atoms with Crippen molar-refractivity contribution in [3.8, 4) is 62.2 Å². The quantitative estimate of drug-likeness (QED) is 0.185. The second-order valence-corrected chi connectivity index (χ2v) is 12.9. The molecule has 52 heavy (non-hydrogen) atoms. The first-order valence-electron chi connectivity index (χ1n) is 17.3. The van der Waals surface area contributed by atoms with Crippen molar-refractivity contribution in [2.75, 3.05) is 0 Å². The van der Waals surface area contributed by atoms with Crippen LogP contribution in [0.2, 0.25) is 0 Å². The van der Waals surface area contributed by atoms with Gasteiger partial charge in [-0.05, 0) is 50.9 Å². The van der Waals surface area contributed by atoms with Crippen molar-refractivity contribution in [2.24, 2.45) is 0 Å². The maximum atomic E-state index is 11.7. The van der Waals surface area contributed by atoms with Gasteiger partial charge in [0.15, 0.2) is 17.5 Å². The minimum atomic E-state index is 0.127. The third kappa shape index (κ3) is 4.90. The lowest BCUT2D eigenvalue weighted by atomic mass is 9.90. The normalized spacial score (nSPS) is 11.5. The number of furan rings is 1. The summed E-state index contributed by atoms with van der Waals surface area (Å²) in [5.41, 5.74) is 7.40. The molecule has 0 bridgehead atoms. The van der Waals surface area contributed by atoms with Crippen LogP contribution in [0.5, 0.6) is 5.75 Å². The lowest BCUT2D eigenvalue weighted by molar-refractivity contribution is 0.477. The van der Waals surface area contributed by atoms with Crippen LogP contribution in [-0.2, 0) is 0 Å². The van der Waals surface area contributed by atoms with E-state index in [2.05, 4.69) is 84.9 Å². The highest BCUT2D eigenvalue weighted by atomic mass is 16.3. The Morgan fingerprint density at radius 3 is 1.85 bits per heavy atom. The molecule has 0 unspecified atom stereocenters. The van der Waals surface area contributed by atoms with Crippen LogP contribution in [0.15, 0.2) is 174 Å². The summed E-state index contributed by atoms with van der Waals surface area (Å²) in [6, 6.07) is 56.9. The molecule has 0 fully saturated rings. The number of aromatic nitrogens is 3. The van der Waals surface area contributed by atoms with Gasteiger partial charge in [-0.15, -0.1) is 0 Å². The fraction of sp³-hybridized carbons (Fsp3) is 0. The van der Waals surface area contributed by atoms with E-state index >= 15 is 0 Å². The number of phenolic OH excluding ortho intramolecular Hbond substituents is 1. The van der Waals surface area contributed by atoms with Crippen molar-refractivity contribution in [1.82, 2.24) is 15.0 Å². The van der Waals surface area contributed by atoms with E-state index in [1.165, 1.54) is 10.8 Å². The Labute approximate surface area is 299 Å². The van der Waals surface area contributed by atoms with Gasteiger partial charge in [-0.25, -0.2) is 15.0 Å². The number of nitrogens with zero attached hydrogens (tertiary/aromatic N) is 3. The Kier molecular flexibility index (Phi) is 6.89. The number of fused-ring (bicyclic) bond motifs is 6. The van der Waals surface area contributed by atoms with Gasteiger partial charge in [0.2, 0.25) is 0 Å². The number of hydrogen-bond donors (Lipinski definition) is 1. The minimum absolute atomic E-state index is 0.127. The maximum Gasteiger partial charge on any atom is 0.164 e. The fourth-order valence-corrected chi connectivity index (χ4v) is 7.39. The van der Waals surface area contributed by atoms with E-state index in [4.69, 9.17) is 19.4 Å². The number of para-hydroxylation sites is 2. The van der Waals surface area contributed by atoms with E-state index in [1.54, 1.807) is 6.07 Å². The average Bonchev–Trinajstić information content (AvgIpc) is 3.60. The number of rotatable bonds is 5. The van der Waals surface area contributed by atoms with E-state index in [0.717, 1.165) is 60.5 Å². The van der Waals surface area contributed by atoms with Gasteiger partial charge in [-0.1, -0.05) is 152 Å². The first kappa shape index (κ1) is 29.8. The van der Waals surface area contributed by atoms with Gasteiger partial charge >= 0.3 is 0 Å². The molecule has 0 spiro atoms. The molecule has 0 amide bonds. The molecular weight excluding hydrogens is 639 g/mol. The van der Waals surface area contributed by atoms with Crippen LogP contribution in [0.25, 0.3) is 99.9 Å². The second-order valence-electron chi connectivity index (χ2n) is 12.9. The molecule has 0 aliphatic rings. The summed E-state index contributed by atoms with van der Waals surface area (Å²) in [5.74, 6) is 1.69. The number of benzene rings is 8. The monoisotopic (exact) mass is 667 g/mol. The molecule has 0 aliphatic heterocycles. The summed E-state index contributed by atoms with van der Waals surface area (Å²) in [4.78, 5) is 15.2. The minimum Gasteiger partial charge on any atom is -0.507 e. The van der Waals surface area contributed by atoms with Gasteiger partial charge in [-0.2, -0.15) is 0 Å². The van der Waals surface area contributed by atoms with E-state index < -0.39 is 0 Å².